The molecule has 0 bridgehead atoms. The Morgan fingerprint density at radius 2 is 2.21 bits per heavy atom. The van der Waals surface area contributed by atoms with Crippen molar-refractivity contribution < 1.29 is 14.6 Å². The third kappa shape index (κ3) is 1.78. The second-order valence-corrected chi connectivity index (χ2v) is 5.51. The van der Waals surface area contributed by atoms with Crippen LogP contribution in [0.25, 0.3) is 0 Å². The van der Waals surface area contributed by atoms with Gasteiger partial charge in [-0.15, -0.1) is 0 Å². The molecule has 3 unspecified atom stereocenters. The van der Waals surface area contributed by atoms with Crippen molar-refractivity contribution >= 4 is 11.7 Å². The van der Waals surface area contributed by atoms with Gasteiger partial charge in [0.25, 0.3) is 0 Å². The highest BCUT2D eigenvalue weighted by atomic mass is 16.5. The van der Waals surface area contributed by atoms with E-state index in [1.54, 1.807) is 7.11 Å². The van der Waals surface area contributed by atoms with Crippen LogP contribution in [-0.4, -0.2) is 31.3 Å². The number of carboxylic acid groups (broad SMARTS) is 1. The first kappa shape index (κ1) is 12.3. The molecule has 3 rings (SSSR count). The maximum Gasteiger partial charge on any atom is 0.311 e. The van der Waals surface area contributed by atoms with Crippen LogP contribution in [0.3, 0.4) is 0 Å². The van der Waals surface area contributed by atoms with E-state index in [2.05, 4.69) is 11.9 Å². The summed E-state index contributed by atoms with van der Waals surface area (Å²) in [6.07, 6.45) is 3.22. The number of fused-ring (bicyclic) bond motifs is 2. The lowest BCUT2D eigenvalue weighted by Gasteiger charge is -2.41. The van der Waals surface area contributed by atoms with Crippen LogP contribution < -0.4 is 9.64 Å². The molecule has 102 valence electrons. The number of hydrogen-bond acceptors (Lipinski definition) is 3. The van der Waals surface area contributed by atoms with Crippen molar-refractivity contribution in [3.05, 3.63) is 23.8 Å². The first-order chi connectivity index (χ1) is 9.13. The molecule has 0 saturated heterocycles. The van der Waals surface area contributed by atoms with Crippen LogP contribution in [0.2, 0.25) is 0 Å². The van der Waals surface area contributed by atoms with Gasteiger partial charge in [0.15, 0.2) is 0 Å². The summed E-state index contributed by atoms with van der Waals surface area (Å²) in [5.41, 5.74) is 1.94. The fourth-order valence-electron chi connectivity index (χ4n) is 3.78. The van der Waals surface area contributed by atoms with Crippen molar-refractivity contribution in [2.24, 2.45) is 5.92 Å². The van der Waals surface area contributed by atoms with Gasteiger partial charge in [0.2, 0.25) is 0 Å². The van der Waals surface area contributed by atoms with Crippen LogP contribution in [0.1, 0.15) is 30.7 Å². The number of carbonyl (C=O) groups is 1. The highest BCUT2D eigenvalue weighted by Gasteiger charge is 2.45. The molecule has 0 spiro atoms. The monoisotopic (exact) mass is 261 g/mol. The first-order valence-corrected chi connectivity index (χ1v) is 6.77. The minimum atomic E-state index is -0.698. The number of hydrogen-bond donors (Lipinski definition) is 1. The zero-order chi connectivity index (χ0) is 13.6. The number of nitrogens with zero attached hydrogens (tertiary/aromatic N) is 1. The Kier molecular flexibility index (Phi) is 2.88. The van der Waals surface area contributed by atoms with Crippen LogP contribution in [0.4, 0.5) is 5.69 Å². The standard InChI is InChI=1S/C15H19NO3/c1-16-12-5-3-4-10(12)14(15(17)18)11-7-6-9(19-2)8-13(11)16/h6-8,10,12,14H,3-5H2,1-2H3,(H,17,18). The average Bonchev–Trinajstić information content (AvgIpc) is 2.87. The molecule has 1 saturated carbocycles. The van der Waals surface area contributed by atoms with Crippen LogP contribution in [0.5, 0.6) is 5.75 Å². The van der Waals surface area contributed by atoms with Gasteiger partial charge in [-0.2, -0.15) is 0 Å². The predicted octanol–water partition coefficient (Wildman–Crippen LogP) is 2.48. The topological polar surface area (TPSA) is 49.8 Å². The van der Waals surface area contributed by atoms with E-state index in [-0.39, 0.29) is 11.8 Å². The van der Waals surface area contributed by atoms with Crippen molar-refractivity contribution in [1.82, 2.24) is 0 Å². The van der Waals surface area contributed by atoms with E-state index < -0.39 is 5.97 Å². The molecule has 1 N–H and O–H groups in total. The molecule has 1 fully saturated rings. The molecule has 3 atom stereocenters. The summed E-state index contributed by atoms with van der Waals surface area (Å²) in [5.74, 6) is -0.0457. The third-order valence-electron chi connectivity index (χ3n) is 4.68. The molecular weight excluding hydrogens is 242 g/mol. The summed E-state index contributed by atoms with van der Waals surface area (Å²) in [7, 11) is 3.71. The summed E-state index contributed by atoms with van der Waals surface area (Å²) in [5, 5.41) is 9.60. The minimum absolute atomic E-state index is 0.239. The maximum atomic E-state index is 11.7. The number of rotatable bonds is 2. The Bertz CT molecular complexity index is 514. The number of benzene rings is 1. The van der Waals surface area contributed by atoms with E-state index in [0.29, 0.717) is 6.04 Å². The van der Waals surface area contributed by atoms with E-state index >= 15 is 0 Å². The summed E-state index contributed by atoms with van der Waals surface area (Å²) in [4.78, 5) is 13.9. The fraction of sp³-hybridized carbons (Fsp3) is 0.533. The molecule has 1 aromatic carbocycles. The van der Waals surface area contributed by atoms with E-state index in [9.17, 15) is 9.90 Å². The second kappa shape index (κ2) is 4.44. The summed E-state index contributed by atoms with van der Waals surface area (Å²) in [6, 6.07) is 6.08. The molecule has 4 heteroatoms. The Hall–Kier alpha value is -1.71. The molecule has 1 heterocycles. The summed E-state index contributed by atoms with van der Waals surface area (Å²) >= 11 is 0. The second-order valence-electron chi connectivity index (χ2n) is 5.51. The molecule has 19 heavy (non-hydrogen) atoms. The van der Waals surface area contributed by atoms with Gasteiger partial charge >= 0.3 is 5.97 Å². The maximum absolute atomic E-state index is 11.7. The van der Waals surface area contributed by atoms with E-state index in [0.717, 1.165) is 36.3 Å². The van der Waals surface area contributed by atoms with Crippen LogP contribution in [0.15, 0.2) is 18.2 Å². The number of anilines is 1. The molecule has 0 amide bonds. The van der Waals surface area contributed by atoms with Crippen molar-refractivity contribution in [1.29, 1.82) is 0 Å². The Labute approximate surface area is 113 Å². The molecule has 4 nitrogen and oxygen atoms in total. The van der Waals surface area contributed by atoms with E-state index in [1.807, 2.05) is 18.2 Å². The number of carboxylic acids is 1. The lowest BCUT2D eigenvalue weighted by Crippen LogP contribution is -2.44. The molecule has 1 aliphatic heterocycles. The third-order valence-corrected chi connectivity index (χ3v) is 4.68. The Morgan fingerprint density at radius 3 is 2.89 bits per heavy atom. The van der Waals surface area contributed by atoms with Crippen molar-refractivity contribution in [3.8, 4) is 5.75 Å². The summed E-state index contributed by atoms with van der Waals surface area (Å²) in [6.45, 7) is 0. The van der Waals surface area contributed by atoms with Gasteiger partial charge in [-0.25, -0.2) is 0 Å². The van der Waals surface area contributed by atoms with Crippen LogP contribution >= 0.6 is 0 Å². The molecule has 0 radical (unpaired) electrons. The van der Waals surface area contributed by atoms with Gasteiger partial charge < -0.3 is 14.7 Å². The predicted molar refractivity (Wildman–Crippen MR) is 72.9 cm³/mol. The van der Waals surface area contributed by atoms with E-state index in [4.69, 9.17) is 4.74 Å². The molecule has 1 aromatic rings. The number of methoxy groups -OCH3 is 1. The summed E-state index contributed by atoms with van der Waals surface area (Å²) < 4.78 is 5.26. The quantitative estimate of drug-likeness (QED) is 0.888. The van der Waals surface area contributed by atoms with Gasteiger partial charge in [0.1, 0.15) is 5.75 Å². The van der Waals surface area contributed by atoms with Gasteiger partial charge in [0, 0.05) is 24.8 Å². The number of ether oxygens (including phenoxy) is 1. The SMILES string of the molecule is COc1ccc2c(c1)N(C)C1CCCC1C2C(=O)O. The van der Waals surface area contributed by atoms with Gasteiger partial charge in [-0.1, -0.05) is 12.5 Å². The Morgan fingerprint density at radius 1 is 1.42 bits per heavy atom. The van der Waals surface area contributed by atoms with Crippen molar-refractivity contribution in [2.75, 3.05) is 19.1 Å². The zero-order valence-corrected chi connectivity index (χ0v) is 11.3. The Balaban J connectivity index is 2.13. The van der Waals surface area contributed by atoms with Crippen LogP contribution in [0, 0.1) is 5.92 Å². The van der Waals surface area contributed by atoms with E-state index in [1.165, 1.54) is 0 Å². The molecule has 2 aliphatic rings. The lowest BCUT2D eigenvalue weighted by molar-refractivity contribution is -0.140. The van der Waals surface area contributed by atoms with Crippen LogP contribution in [-0.2, 0) is 4.79 Å². The minimum Gasteiger partial charge on any atom is -0.497 e. The van der Waals surface area contributed by atoms with Gasteiger partial charge in [0.05, 0.1) is 13.0 Å². The number of aliphatic carboxylic acids is 1. The fourth-order valence-corrected chi connectivity index (χ4v) is 3.78. The van der Waals surface area contributed by atoms with Gasteiger partial charge in [-0.3, -0.25) is 4.79 Å². The highest BCUT2D eigenvalue weighted by Crippen LogP contribution is 2.49. The zero-order valence-electron chi connectivity index (χ0n) is 11.3. The van der Waals surface area contributed by atoms with Crippen molar-refractivity contribution in [3.63, 3.8) is 0 Å². The smallest absolute Gasteiger partial charge is 0.311 e. The lowest BCUT2D eigenvalue weighted by atomic mass is 9.78. The average molecular weight is 261 g/mol. The largest absolute Gasteiger partial charge is 0.497 e. The normalized spacial score (nSPS) is 28.7. The molecule has 0 aromatic heterocycles. The first-order valence-electron chi connectivity index (χ1n) is 6.77. The van der Waals surface area contributed by atoms with Gasteiger partial charge in [-0.05, 0) is 30.4 Å². The highest BCUT2D eigenvalue weighted by molar-refractivity contribution is 5.81. The molecular formula is C15H19NO3. The molecule has 1 aliphatic carbocycles. The van der Waals surface area contributed by atoms with Crippen molar-refractivity contribution in [2.45, 2.75) is 31.2 Å².